The molecular weight excluding hydrogens is 218 g/mol. The molecule has 0 spiro atoms. The maximum Gasteiger partial charge on any atom is 0.311 e. The van der Waals surface area contributed by atoms with E-state index < -0.39 is 5.41 Å². The van der Waals surface area contributed by atoms with Gasteiger partial charge in [0.1, 0.15) is 0 Å². The molecule has 1 fully saturated rings. The first-order valence-electron chi connectivity index (χ1n) is 6.36. The number of carbonyl (C=O) groups excluding carboxylic acids is 2. The van der Waals surface area contributed by atoms with Crippen LogP contribution in [-0.2, 0) is 14.3 Å². The van der Waals surface area contributed by atoms with Gasteiger partial charge in [-0.3, -0.25) is 9.59 Å². The normalized spacial score (nSPS) is 17.5. The van der Waals surface area contributed by atoms with Crippen LogP contribution in [0, 0.1) is 5.41 Å². The second kappa shape index (κ2) is 6.03. The first-order valence-corrected chi connectivity index (χ1v) is 6.36. The van der Waals surface area contributed by atoms with Gasteiger partial charge in [0, 0.05) is 13.1 Å². The number of hydrogen-bond acceptors (Lipinski definition) is 3. The van der Waals surface area contributed by atoms with Gasteiger partial charge < -0.3 is 9.64 Å². The Kier molecular flexibility index (Phi) is 4.97. The average Bonchev–Trinajstić information content (AvgIpc) is 2.52. The zero-order valence-electron chi connectivity index (χ0n) is 11.1. The lowest BCUT2D eigenvalue weighted by molar-refractivity contribution is -0.158. The van der Waals surface area contributed by atoms with Crippen LogP contribution in [0.2, 0.25) is 0 Å². The smallest absolute Gasteiger partial charge is 0.311 e. The molecule has 0 bridgehead atoms. The number of likely N-dealkylation sites (tertiary alicyclic amines) is 1. The van der Waals surface area contributed by atoms with E-state index in [4.69, 9.17) is 4.74 Å². The Labute approximate surface area is 103 Å². The van der Waals surface area contributed by atoms with Crippen LogP contribution in [0.4, 0.5) is 0 Å². The highest BCUT2D eigenvalue weighted by Gasteiger charge is 2.25. The van der Waals surface area contributed by atoms with Crippen molar-refractivity contribution in [3.63, 3.8) is 0 Å². The van der Waals surface area contributed by atoms with Crippen LogP contribution in [-0.4, -0.2) is 36.5 Å². The summed E-state index contributed by atoms with van der Waals surface area (Å²) in [6.07, 6.45) is 4.48. The summed E-state index contributed by atoms with van der Waals surface area (Å²) in [6.45, 7) is 6.83. The lowest BCUT2D eigenvalue weighted by Gasteiger charge is -2.21. The van der Waals surface area contributed by atoms with Gasteiger partial charge in [0.15, 0.2) is 6.61 Å². The van der Waals surface area contributed by atoms with Gasteiger partial charge in [-0.05, 0) is 33.6 Å². The van der Waals surface area contributed by atoms with E-state index in [1.165, 1.54) is 12.8 Å². The van der Waals surface area contributed by atoms with Gasteiger partial charge in [0.2, 0.25) is 0 Å². The molecule has 1 amide bonds. The molecule has 1 aliphatic rings. The zero-order valence-corrected chi connectivity index (χ0v) is 11.1. The largest absolute Gasteiger partial charge is 0.455 e. The van der Waals surface area contributed by atoms with E-state index in [1.54, 1.807) is 20.8 Å². The number of rotatable bonds is 2. The highest BCUT2D eigenvalue weighted by atomic mass is 16.5. The number of amides is 1. The molecule has 1 heterocycles. The Hall–Kier alpha value is -1.06. The first-order chi connectivity index (χ1) is 7.91. The highest BCUT2D eigenvalue weighted by Crippen LogP contribution is 2.15. The second-order valence-electron chi connectivity index (χ2n) is 5.62. The van der Waals surface area contributed by atoms with Crippen molar-refractivity contribution in [1.29, 1.82) is 0 Å². The van der Waals surface area contributed by atoms with Crippen LogP contribution in [0.5, 0.6) is 0 Å². The summed E-state index contributed by atoms with van der Waals surface area (Å²) in [5, 5.41) is 0. The molecule has 1 saturated heterocycles. The van der Waals surface area contributed by atoms with Crippen molar-refractivity contribution >= 4 is 11.9 Å². The third kappa shape index (κ3) is 4.75. The summed E-state index contributed by atoms with van der Waals surface area (Å²) in [5.41, 5.74) is -0.543. The summed E-state index contributed by atoms with van der Waals surface area (Å²) in [5.74, 6) is -0.384. The Balaban J connectivity index is 2.36. The maximum absolute atomic E-state index is 11.8. The molecule has 0 radical (unpaired) electrons. The molecule has 1 rings (SSSR count). The van der Waals surface area contributed by atoms with E-state index in [-0.39, 0.29) is 18.5 Å². The van der Waals surface area contributed by atoms with Crippen molar-refractivity contribution in [3.05, 3.63) is 0 Å². The summed E-state index contributed by atoms with van der Waals surface area (Å²) >= 11 is 0. The first kappa shape index (κ1) is 14.0. The fraction of sp³-hybridized carbons (Fsp3) is 0.846. The van der Waals surface area contributed by atoms with E-state index in [1.807, 2.05) is 4.90 Å². The van der Waals surface area contributed by atoms with Crippen LogP contribution in [0.15, 0.2) is 0 Å². The molecule has 0 aliphatic carbocycles. The predicted molar refractivity (Wildman–Crippen MR) is 65.5 cm³/mol. The Morgan fingerprint density at radius 2 is 1.59 bits per heavy atom. The van der Waals surface area contributed by atoms with Crippen molar-refractivity contribution in [2.45, 2.75) is 46.5 Å². The third-order valence-corrected chi connectivity index (χ3v) is 2.90. The molecule has 0 unspecified atom stereocenters. The minimum Gasteiger partial charge on any atom is -0.455 e. The van der Waals surface area contributed by atoms with Gasteiger partial charge in [-0.25, -0.2) is 0 Å². The van der Waals surface area contributed by atoms with Gasteiger partial charge in [-0.1, -0.05) is 12.8 Å². The van der Waals surface area contributed by atoms with Gasteiger partial charge in [-0.15, -0.1) is 0 Å². The molecule has 0 aromatic heterocycles. The molecule has 0 N–H and O–H groups in total. The SMILES string of the molecule is CC(C)(C)C(=O)OCC(=O)N1CCCCCC1. The molecular formula is C13H23NO3. The van der Waals surface area contributed by atoms with E-state index in [9.17, 15) is 9.59 Å². The van der Waals surface area contributed by atoms with E-state index in [0.717, 1.165) is 25.9 Å². The standard InChI is InChI=1S/C13H23NO3/c1-13(2,3)12(16)17-10-11(15)14-8-6-4-5-7-9-14/h4-10H2,1-3H3. The fourth-order valence-corrected chi connectivity index (χ4v) is 1.76. The molecule has 17 heavy (non-hydrogen) atoms. The van der Waals surface area contributed by atoms with Crippen molar-refractivity contribution in [2.75, 3.05) is 19.7 Å². The molecule has 1 aliphatic heterocycles. The minimum atomic E-state index is -0.543. The van der Waals surface area contributed by atoms with Gasteiger partial charge >= 0.3 is 5.97 Å². The van der Waals surface area contributed by atoms with Crippen LogP contribution in [0.3, 0.4) is 0 Å². The van der Waals surface area contributed by atoms with E-state index in [0.29, 0.717) is 0 Å². The Morgan fingerprint density at radius 1 is 1.06 bits per heavy atom. The topological polar surface area (TPSA) is 46.6 Å². The zero-order chi connectivity index (χ0) is 12.9. The van der Waals surface area contributed by atoms with Crippen LogP contribution < -0.4 is 0 Å². The number of hydrogen-bond donors (Lipinski definition) is 0. The minimum absolute atomic E-state index is 0.0653. The Bertz CT molecular complexity index is 273. The summed E-state index contributed by atoms with van der Waals surface area (Å²) in [4.78, 5) is 25.2. The second-order valence-corrected chi connectivity index (χ2v) is 5.62. The van der Waals surface area contributed by atoms with Crippen LogP contribution >= 0.6 is 0 Å². The number of ether oxygens (including phenoxy) is 1. The van der Waals surface area contributed by atoms with Gasteiger partial charge in [0.05, 0.1) is 5.41 Å². The molecule has 98 valence electrons. The molecule has 4 heteroatoms. The molecule has 0 saturated carbocycles. The number of esters is 1. The van der Waals surface area contributed by atoms with Gasteiger partial charge in [-0.2, -0.15) is 0 Å². The monoisotopic (exact) mass is 241 g/mol. The average molecular weight is 241 g/mol. The van der Waals surface area contributed by atoms with Crippen molar-refractivity contribution in [1.82, 2.24) is 4.90 Å². The summed E-state index contributed by atoms with van der Waals surface area (Å²) < 4.78 is 5.03. The lowest BCUT2D eigenvalue weighted by atomic mass is 9.97. The fourth-order valence-electron chi connectivity index (χ4n) is 1.76. The third-order valence-electron chi connectivity index (χ3n) is 2.90. The van der Waals surface area contributed by atoms with Gasteiger partial charge in [0.25, 0.3) is 5.91 Å². The van der Waals surface area contributed by atoms with E-state index >= 15 is 0 Å². The van der Waals surface area contributed by atoms with Crippen molar-refractivity contribution in [3.8, 4) is 0 Å². The quantitative estimate of drug-likeness (QED) is 0.694. The molecule has 0 atom stereocenters. The predicted octanol–water partition coefficient (Wildman–Crippen LogP) is 1.98. The van der Waals surface area contributed by atoms with Crippen LogP contribution in [0.25, 0.3) is 0 Å². The van der Waals surface area contributed by atoms with E-state index in [2.05, 4.69) is 0 Å². The number of carbonyl (C=O) groups is 2. The summed E-state index contributed by atoms with van der Waals surface area (Å²) in [7, 11) is 0. The Morgan fingerprint density at radius 3 is 2.06 bits per heavy atom. The number of nitrogens with zero attached hydrogens (tertiary/aromatic N) is 1. The molecule has 0 aromatic carbocycles. The maximum atomic E-state index is 11.8. The van der Waals surface area contributed by atoms with Crippen LogP contribution in [0.1, 0.15) is 46.5 Å². The highest BCUT2D eigenvalue weighted by molar-refractivity contribution is 5.82. The lowest BCUT2D eigenvalue weighted by Crippen LogP contribution is -2.36. The summed E-state index contributed by atoms with van der Waals surface area (Å²) in [6, 6.07) is 0. The van der Waals surface area contributed by atoms with Crippen molar-refractivity contribution in [2.24, 2.45) is 5.41 Å². The van der Waals surface area contributed by atoms with Crippen molar-refractivity contribution < 1.29 is 14.3 Å². The molecule has 4 nitrogen and oxygen atoms in total. The molecule has 0 aromatic rings.